The number of nitrogens with one attached hydrogen (secondary N) is 1. The standard InChI is InChI=1S/C17H19ClN2O2/c1-10-15(12(3)21)11(2)19-16(10)17(22)20(4)9-13-6-5-7-14(18)8-13/h5-8,19H,9H2,1-4H3. The van der Waals surface area contributed by atoms with Gasteiger partial charge >= 0.3 is 0 Å². The van der Waals surface area contributed by atoms with Gasteiger partial charge in [-0.2, -0.15) is 0 Å². The van der Waals surface area contributed by atoms with E-state index in [0.717, 1.165) is 11.3 Å². The van der Waals surface area contributed by atoms with Gasteiger partial charge in [-0.1, -0.05) is 23.7 Å². The minimum Gasteiger partial charge on any atom is -0.354 e. The van der Waals surface area contributed by atoms with E-state index >= 15 is 0 Å². The number of ketones is 1. The van der Waals surface area contributed by atoms with Crippen LogP contribution in [0.25, 0.3) is 0 Å². The number of halogens is 1. The van der Waals surface area contributed by atoms with Crippen molar-refractivity contribution in [2.24, 2.45) is 0 Å². The molecule has 0 unspecified atom stereocenters. The Kier molecular flexibility index (Phi) is 4.71. The maximum Gasteiger partial charge on any atom is 0.270 e. The molecule has 5 heteroatoms. The van der Waals surface area contributed by atoms with E-state index in [1.54, 1.807) is 31.9 Å². The number of carbonyl (C=O) groups is 2. The Hall–Kier alpha value is -2.07. The van der Waals surface area contributed by atoms with Crippen LogP contribution in [0.3, 0.4) is 0 Å². The molecule has 4 nitrogen and oxygen atoms in total. The third-order valence-electron chi connectivity index (χ3n) is 3.66. The van der Waals surface area contributed by atoms with E-state index in [2.05, 4.69) is 4.98 Å². The minimum atomic E-state index is -0.145. The molecule has 1 amide bonds. The minimum absolute atomic E-state index is 0.0391. The Balaban J connectivity index is 2.24. The number of aromatic nitrogens is 1. The molecule has 22 heavy (non-hydrogen) atoms. The molecular formula is C17H19ClN2O2. The normalized spacial score (nSPS) is 10.6. The van der Waals surface area contributed by atoms with Crippen molar-refractivity contribution in [3.05, 3.63) is 57.4 Å². The molecule has 2 aromatic rings. The zero-order chi connectivity index (χ0) is 16.4. The number of rotatable bonds is 4. The maximum absolute atomic E-state index is 12.6. The molecule has 0 radical (unpaired) electrons. The monoisotopic (exact) mass is 318 g/mol. The molecule has 2 rings (SSSR count). The number of hydrogen-bond acceptors (Lipinski definition) is 2. The molecule has 0 aliphatic carbocycles. The third-order valence-corrected chi connectivity index (χ3v) is 3.89. The van der Waals surface area contributed by atoms with Gasteiger partial charge < -0.3 is 9.88 Å². The fourth-order valence-electron chi connectivity index (χ4n) is 2.66. The van der Waals surface area contributed by atoms with E-state index in [0.29, 0.717) is 28.4 Å². The summed E-state index contributed by atoms with van der Waals surface area (Å²) in [5.41, 5.74) is 3.44. The predicted molar refractivity (Wildman–Crippen MR) is 87.5 cm³/mol. The summed E-state index contributed by atoms with van der Waals surface area (Å²) in [5.74, 6) is -0.184. The zero-order valence-corrected chi connectivity index (χ0v) is 13.9. The highest BCUT2D eigenvalue weighted by atomic mass is 35.5. The molecule has 1 N–H and O–H groups in total. The summed E-state index contributed by atoms with van der Waals surface area (Å²) >= 11 is 5.96. The lowest BCUT2D eigenvalue weighted by atomic mass is 10.1. The summed E-state index contributed by atoms with van der Waals surface area (Å²) in [7, 11) is 1.73. The second-order valence-electron chi connectivity index (χ2n) is 5.47. The first kappa shape index (κ1) is 16.3. The van der Waals surface area contributed by atoms with E-state index in [1.807, 2.05) is 18.2 Å². The highest BCUT2D eigenvalue weighted by Crippen LogP contribution is 2.20. The Bertz CT molecular complexity index is 734. The zero-order valence-electron chi connectivity index (χ0n) is 13.2. The lowest BCUT2D eigenvalue weighted by molar-refractivity contribution is 0.0779. The summed E-state index contributed by atoms with van der Waals surface area (Å²) in [5, 5.41) is 0.643. The first-order valence-corrected chi connectivity index (χ1v) is 7.39. The largest absolute Gasteiger partial charge is 0.354 e. The molecule has 1 aromatic carbocycles. The Morgan fingerprint density at radius 2 is 1.95 bits per heavy atom. The summed E-state index contributed by atoms with van der Waals surface area (Å²) in [6, 6.07) is 7.40. The number of aromatic amines is 1. The second-order valence-corrected chi connectivity index (χ2v) is 5.91. The van der Waals surface area contributed by atoms with Gasteiger partial charge in [0.2, 0.25) is 0 Å². The average Bonchev–Trinajstić information content (AvgIpc) is 2.73. The quantitative estimate of drug-likeness (QED) is 0.873. The van der Waals surface area contributed by atoms with E-state index in [1.165, 1.54) is 6.92 Å². The highest BCUT2D eigenvalue weighted by molar-refractivity contribution is 6.30. The molecule has 116 valence electrons. The molecular weight excluding hydrogens is 300 g/mol. The number of carbonyl (C=O) groups excluding carboxylic acids is 2. The molecule has 0 bridgehead atoms. The fourth-order valence-corrected chi connectivity index (χ4v) is 2.88. The van der Waals surface area contributed by atoms with Crippen molar-refractivity contribution in [1.82, 2.24) is 9.88 Å². The molecule has 0 atom stereocenters. The van der Waals surface area contributed by atoms with Crippen LogP contribution in [0.5, 0.6) is 0 Å². The van der Waals surface area contributed by atoms with Gasteiger partial charge in [0.25, 0.3) is 5.91 Å². The highest BCUT2D eigenvalue weighted by Gasteiger charge is 2.22. The van der Waals surface area contributed by atoms with Crippen molar-refractivity contribution in [3.63, 3.8) is 0 Å². The van der Waals surface area contributed by atoms with Crippen LogP contribution >= 0.6 is 11.6 Å². The Morgan fingerprint density at radius 3 is 2.50 bits per heavy atom. The third kappa shape index (κ3) is 3.22. The van der Waals surface area contributed by atoms with Gasteiger partial charge in [-0.3, -0.25) is 9.59 Å². The van der Waals surface area contributed by atoms with Crippen LogP contribution in [0, 0.1) is 13.8 Å². The number of Topliss-reactive ketones (excluding diaryl/α,β-unsaturated/α-hetero) is 1. The van der Waals surface area contributed by atoms with Crippen molar-refractivity contribution in [3.8, 4) is 0 Å². The number of H-pyrrole nitrogens is 1. The van der Waals surface area contributed by atoms with E-state index < -0.39 is 0 Å². The number of nitrogens with zero attached hydrogens (tertiary/aromatic N) is 1. The van der Waals surface area contributed by atoms with Crippen molar-refractivity contribution >= 4 is 23.3 Å². The van der Waals surface area contributed by atoms with Crippen molar-refractivity contribution in [2.75, 3.05) is 7.05 Å². The van der Waals surface area contributed by atoms with Gasteiger partial charge in [-0.25, -0.2) is 0 Å². The SMILES string of the molecule is CC(=O)c1c(C)[nH]c(C(=O)N(C)Cc2cccc(Cl)c2)c1C. The van der Waals surface area contributed by atoms with Gasteiger partial charge in [-0.05, 0) is 44.0 Å². The van der Waals surface area contributed by atoms with Gasteiger partial charge in [-0.15, -0.1) is 0 Å². The lowest BCUT2D eigenvalue weighted by Crippen LogP contribution is -2.27. The van der Waals surface area contributed by atoms with Crippen LogP contribution in [-0.4, -0.2) is 28.6 Å². The van der Waals surface area contributed by atoms with Crippen LogP contribution in [0.2, 0.25) is 5.02 Å². The summed E-state index contributed by atoms with van der Waals surface area (Å²) in [4.78, 5) is 28.9. The summed E-state index contributed by atoms with van der Waals surface area (Å²) in [6.07, 6.45) is 0. The molecule has 0 saturated carbocycles. The van der Waals surface area contributed by atoms with Crippen molar-refractivity contribution < 1.29 is 9.59 Å². The van der Waals surface area contributed by atoms with E-state index in [4.69, 9.17) is 11.6 Å². The van der Waals surface area contributed by atoms with Gasteiger partial charge in [0.05, 0.1) is 0 Å². The van der Waals surface area contributed by atoms with E-state index in [9.17, 15) is 9.59 Å². The van der Waals surface area contributed by atoms with Crippen molar-refractivity contribution in [1.29, 1.82) is 0 Å². The average molecular weight is 319 g/mol. The second kappa shape index (κ2) is 6.36. The number of aryl methyl sites for hydroxylation is 1. The van der Waals surface area contributed by atoms with Crippen LogP contribution in [-0.2, 0) is 6.54 Å². The lowest BCUT2D eigenvalue weighted by Gasteiger charge is -2.17. The van der Waals surface area contributed by atoms with Gasteiger partial charge in [0, 0.05) is 29.9 Å². The van der Waals surface area contributed by atoms with Gasteiger partial charge in [0.15, 0.2) is 5.78 Å². The first-order chi connectivity index (χ1) is 10.3. The van der Waals surface area contributed by atoms with E-state index in [-0.39, 0.29) is 11.7 Å². The molecule has 1 aromatic heterocycles. The Morgan fingerprint density at radius 1 is 1.27 bits per heavy atom. The van der Waals surface area contributed by atoms with Crippen LogP contribution < -0.4 is 0 Å². The van der Waals surface area contributed by atoms with Gasteiger partial charge in [0.1, 0.15) is 5.69 Å². The fraction of sp³-hybridized carbons (Fsp3) is 0.294. The number of hydrogen-bond donors (Lipinski definition) is 1. The van der Waals surface area contributed by atoms with Crippen molar-refractivity contribution in [2.45, 2.75) is 27.3 Å². The molecule has 0 fully saturated rings. The first-order valence-electron chi connectivity index (χ1n) is 7.01. The maximum atomic E-state index is 12.6. The number of amides is 1. The topological polar surface area (TPSA) is 53.2 Å². The van der Waals surface area contributed by atoms with Crippen LogP contribution in [0.4, 0.5) is 0 Å². The Labute approximate surface area is 135 Å². The molecule has 0 saturated heterocycles. The summed E-state index contributed by atoms with van der Waals surface area (Å²) in [6.45, 7) is 5.55. The molecule has 0 aliphatic rings. The smallest absolute Gasteiger partial charge is 0.270 e. The number of benzene rings is 1. The molecule has 1 heterocycles. The molecule has 0 spiro atoms. The van der Waals surface area contributed by atoms with Crippen LogP contribution in [0.15, 0.2) is 24.3 Å². The predicted octanol–water partition coefficient (Wildman–Crippen LogP) is 3.76. The van der Waals surface area contributed by atoms with Crippen LogP contribution in [0.1, 0.15) is 44.6 Å². The molecule has 0 aliphatic heterocycles. The summed E-state index contributed by atoms with van der Waals surface area (Å²) < 4.78 is 0.